The molecule has 0 aromatic heterocycles. The molecule has 5 aliphatic rings. The Hall–Kier alpha value is -4.21. The lowest BCUT2D eigenvalue weighted by Crippen LogP contribution is -2.66. The summed E-state index contributed by atoms with van der Waals surface area (Å²) < 4.78 is 6.25. The summed E-state index contributed by atoms with van der Waals surface area (Å²) in [6.45, 7) is 13.5. The number of allylic oxidation sites excluding steroid dienone is 1. The van der Waals surface area contributed by atoms with Crippen LogP contribution in [0, 0.1) is 50.2 Å². The molecule has 53 heavy (non-hydrogen) atoms. The van der Waals surface area contributed by atoms with Gasteiger partial charge in [0.15, 0.2) is 0 Å². The first kappa shape index (κ1) is 38.5. The molecule has 0 bridgehead atoms. The molecule has 4 N–H and O–H groups in total. The number of ketones is 1. The van der Waals surface area contributed by atoms with Gasteiger partial charge >= 0.3 is 17.9 Å². The molecule has 7 atom stereocenters. The standard InChI is InChI=1S/C43H55NO9/c1-38(2)19-20-42(37(51)52)21-22-43(25-53-36(50)14-7-26-23-27(45)8-10-30(26)44-34(47)12-13-35(48)49)28(29(42)24-38)9-11-32-40(5)17-16-33(46)39(3,4)31(40)15-18-41(32,43)6/h7-10,12-14,23,29,31-32,45H,11,15-22,24-25H2,1-6H3,(H,44,47)(H,48,49)(H,51,52)/b13-12+,14-7+/t29-,31-,32+,40-,41+,42-,43-/m0/s1. The highest BCUT2D eigenvalue weighted by Gasteiger charge is 2.71. The van der Waals surface area contributed by atoms with Crippen molar-refractivity contribution in [2.75, 3.05) is 11.9 Å². The second kappa shape index (κ2) is 13.3. The van der Waals surface area contributed by atoms with Crippen molar-refractivity contribution in [1.29, 1.82) is 0 Å². The fourth-order valence-corrected chi connectivity index (χ4v) is 12.1. The summed E-state index contributed by atoms with van der Waals surface area (Å²) in [5.74, 6) is -2.84. The Kier molecular flexibility index (Phi) is 9.64. The minimum atomic E-state index is -1.28. The number of carbonyl (C=O) groups is 5. The van der Waals surface area contributed by atoms with E-state index < -0.39 is 40.1 Å². The third kappa shape index (κ3) is 6.33. The average Bonchev–Trinajstić information content (AvgIpc) is 3.08. The van der Waals surface area contributed by atoms with E-state index in [2.05, 4.69) is 52.9 Å². The molecule has 10 nitrogen and oxygen atoms in total. The first-order valence-electron chi connectivity index (χ1n) is 19.1. The minimum absolute atomic E-state index is 0.0418. The van der Waals surface area contributed by atoms with Crippen LogP contribution in [0.1, 0.15) is 111 Å². The molecule has 1 aromatic carbocycles. The van der Waals surface area contributed by atoms with Crippen LogP contribution >= 0.6 is 0 Å². The zero-order chi connectivity index (χ0) is 38.8. The SMILES string of the molecule is CC1(C)CC[C@]2(C(=O)O)CC[C@]3(COC(=O)/C=C/c4cc(O)ccc4NC(=O)/C=C/C(=O)O)C(=CC[C@@H]4[C@@]5(C)CCC(=O)C(C)(C)[C@@H]5CC[C@]43C)[C@@H]2C1. The Balaban J connectivity index is 1.36. The van der Waals surface area contributed by atoms with Crippen LogP contribution in [0.3, 0.4) is 0 Å². The number of hydrogen-bond donors (Lipinski definition) is 4. The van der Waals surface area contributed by atoms with Gasteiger partial charge in [0.05, 0.1) is 5.41 Å². The maximum atomic E-state index is 13.7. The fraction of sp³-hybridized carbons (Fsp3) is 0.605. The number of Topliss-reactive ketones (excluding diaryl/α,β-unsaturated/α-hetero) is 1. The quantitative estimate of drug-likeness (QED) is 0.0898. The molecule has 6 rings (SSSR count). The van der Waals surface area contributed by atoms with Crippen LogP contribution < -0.4 is 5.32 Å². The van der Waals surface area contributed by atoms with Crippen LogP contribution in [0.25, 0.3) is 6.08 Å². The average molecular weight is 730 g/mol. The molecule has 4 fully saturated rings. The van der Waals surface area contributed by atoms with E-state index in [0.29, 0.717) is 43.1 Å². The Bertz CT molecular complexity index is 1820. The van der Waals surface area contributed by atoms with Crippen LogP contribution in [-0.2, 0) is 28.7 Å². The lowest BCUT2D eigenvalue weighted by molar-refractivity contribution is -0.202. The van der Waals surface area contributed by atoms with Gasteiger partial charge in [-0.15, -0.1) is 0 Å². The molecule has 1 amide bonds. The van der Waals surface area contributed by atoms with Crippen molar-refractivity contribution in [3.63, 3.8) is 0 Å². The van der Waals surface area contributed by atoms with E-state index in [1.165, 1.54) is 30.4 Å². The van der Waals surface area contributed by atoms with E-state index in [-0.39, 0.29) is 52.0 Å². The number of anilines is 1. The van der Waals surface area contributed by atoms with Crippen molar-refractivity contribution in [1.82, 2.24) is 0 Å². The number of aliphatic carboxylic acids is 2. The summed E-state index contributed by atoms with van der Waals surface area (Å²) in [6.07, 6.45) is 13.8. The topological polar surface area (TPSA) is 167 Å². The molecule has 0 radical (unpaired) electrons. The van der Waals surface area contributed by atoms with Gasteiger partial charge in [-0.1, -0.05) is 53.2 Å². The highest BCUT2D eigenvalue weighted by molar-refractivity contribution is 6.03. The number of rotatable bonds is 8. The Morgan fingerprint density at radius 3 is 2.32 bits per heavy atom. The summed E-state index contributed by atoms with van der Waals surface area (Å²) in [5, 5.41) is 32.5. The van der Waals surface area contributed by atoms with Crippen molar-refractivity contribution in [3.8, 4) is 5.75 Å². The van der Waals surface area contributed by atoms with Gasteiger partial charge in [0.1, 0.15) is 18.1 Å². The van der Waals surface area contributed by atoms with Gasteiger partial charge in [-0.25, -0.2) is 9.59 Å². The van der Waals surface area contributed by atoms with Crippen molar-refractivity contribution in [2.45, 2.75) is 106 Å². The molecule has 286 valence electrons. The van der Waals surface area contributed by atoms with Crippen LogP contribution in [-0.4, -0.2) is 51.5 Å². The van der Waals surface area contributed by atoms with Crippen LogP contribution in [0.4, 0.5) is 5.69 Å². The monoisotopic (exact) mass is 729 g/mol. The number of benzene rings is 1. The van der Waals surface area contributed by atoms with E-state index in [4.69, 9.17) is 9.84 Å². The number of aromatic hydroxyl groups is 1. The number of amides is 1. The third-order valence-corrected chi connectivity index (χ3v) is 15.0. The van der Waals surface area contributed by atoms with E-state index in [1.54, 1.807) is 0 Å². The molecule has 4 saturated carbocycles. The predicted octanol–water partition coefficient (Wildman–Crippen LogP) is 7.96. The van der Waals surface area contributed by atoms with Gasteiger partial charge in [0.2, 0.25) is 5.91 Å². The molecule has 0 heterocycles. The highest BCUT2D eigenvalue weighted by Crippen LogP contribution is 2.75. The van der Waals surface area contributed by atoms with E-state index >= 15 is 0 Å². The number of ether oxygens (including phenoxy) is 1. The van der Waals surface area contributed by atoms with Gasteiger partial charge in [-0.05, 0) is 116 Å². The number of phenols is 1. The van der Waals surface area contributed by atoms with Crippen molar-refractivity contribution >= 4 is 41.4 Å². The number of fused-ring (bicyclic) bond motifs is 7. The van der Waals surface area contributed by atoms with Crippen LogP contribution in [0.5, 0.6) is 5.75 Å². The van der Waals surface area contributed by atoms with Crippen LogP contribution in [0.15, 0.2) is 48.1 Å². The molecule has 10 heteroatoms. The molecular weight excluding hydrogens is 674 g/mol. The molecule has 0 saturated heterocycles. The summed E-state index contributed by atoms with van der Waals surface area (Å²) in [4.78, 5) is 63.4. The van der Waals surface area contributed by atoms with E-state index in [0.717, 1.165) is 50.2 Å². The molecule has 0 spiro atoms. The zero-order valence-electron chi connectivity index (χ0n) is 31.9. The smallest absolute Gasteiger partial charge is 0.330 e. The number of esters is 1. The van der Waals surface area contributed by atoms with Gasteiger partial charge < -0.3 is 25.4 Å². The van der Waals surface area contributed by atoms with Crippen molar-refractivity contribution < 1.29 is 44.0 Å². The Morgan fingerprint density at radius 1 is 0.906 bits per heavy atom. The number of nitrogens with one attached hydrogen (secondary N) is 1. The normalized spacial score (nSPS) is 35.6. The van der Waals surface area contributed by atoms with Crippen LogP contribution in [0.2, 0.25) is 0 Å². The molecular formula is C43H55NO9. The largest absolute Gasteiger partial charge is 0.508 e. The molecule has 0 aliphatic heterocycles. The number of phenolic OH excluding ortho intramolecular Hbond substituents is 1. The number of carboxylic acids is 2. The third-order valence-electron chi connectivity index (χ3n) is 15.0. The maximum absolute atomic E-state index is 13.7. The van der Waals surface area contributed by atoms with Gasteiger partial charge in [0, 0.05) is 46.7 Å². The first-order valence-corrected chi connectivity index (χ1v) is 19.1. The van der Waals surface area contributed by atoms with Crippen molar-refractivity contribution in [3.05, 3.63) is 53.6 Å². The van der Waals surface area contributed by atoms with Gasteiger partial charge in [0.25, 0.3) is 0 Å². The lowest BCUT2D eigenvalue weighted by Gasteiger charge is -2.70. The van der Waals surface area contributed by atoms with E-state index in [9.17, 15) is 34.2 Å². The highest BCUT2D eigenvalue weighted by atomic mass is 16.5. The Labute approximate surface area is 312 Å². The van der Waals surface area contributed by atoms with Gasteiger partial charge in [-0.2, -0.15) is 0 Å². The van der Waals surface area contributed by atoms with Gasteiger partial charge in [-0.3, -0.25) is 14.4 Å². The molecule has 0 unspecified atom stereocenters. The molecule has 1 aromatic rings. The maximum Gasteiger partial charge on any atom is 0.330 e. The Morgan fingerprint density at radius 2 is 1.62 bits per heavy atom. The first-order chi connectivity index (χ1) is 24.7. The number of carboxylic acid groups (broad SMARTS) is 2. The fourth-order valence-electron chi connectivity index (χ4n) is 12.1. The number of hydrogen-bond acceptors (Lipinski definition) is 7. The lowest BCUT2D eigenvalue weighted by atomic mass is 9.33. The summed E-state index contributed by atoms with van der Waals surface area (Å²) in [6, 6.07) is 4.19. The predicted molar refractivity (Wildman–Crippen MR) is 200 cm³/mol. The number of carbonyl (C=O) groups excluding carboxylic acids is 3. The van der Waals surface area contributed by atoms with Crippen molar-refractivity contribution in [2.24, 2.45) is 50.2 Å². The molecule has 5 aliphatic carbocycles. The summed E-state index contributed by atoms with van der Waals surface area (Å²) in [5.41, 5.74) is -0.670. The second-order valence-corrected chi connectivity index (χ2v) is 18.4. The van der Waals surface area contributed by atoms with E-state index in [1.807, 2.05) is 0 Å². The summed E-state index contributed by atoms with van der Waals surface area (Å²) >= 11 is 0. The summed E-state index contributed by atoms with van der Waals surface area (Å²) in [7, 11) is 0. The second-order valence-electron chi connectivity index (χ2n) is 18.4. The zero-order valence-corrected chi connectivity index (χ0v) is 31.9. The minimum Gasteiger partial charge on any atom is -0.508 e.